The van der Waals surface area contributed by atoms with E-state index in [9.17, 15) is 0 Å². The maximum atomic E-state index is 5.63. The molecule has 0 saturated heterocycles. The summed E-state index contributed by atoms with van der Waals surface area (Å²) >= 11 is 0. The zero-order chi connectivity index (χ0) is 9.84. The molecule has 1 rings (SSSR count). The highest BCUT2D eigenvalue weighted by Gasteiger charge is 2.02. The van der Waals surface area contributed by atoms with Crippen LogP contribution in [-0.2, 0) is 0 Å². The van der Waals surface area contributed by atoms with Gasteiger partial charge in [-0.05, 0) is 24.3 Å². The summed E-state index contributed by atoms with van der Waals surface area (Å²) in [4.78, 5) is 5.67. The van der Waals surface area contributed by atoms with Crippen molar-refractivity contribution in [3.8, 4) is 0 Å². The van der Waals surface area contributed by atoms with Gasteiger partial charge in [-0.2, -0.15) is 0 Å². The number of benzene rings is 1. The van der Waals surface area contributed by atoms with Gasteiger partial charge in [-0.1, -0.05) is 0 Å². The Morgan fingerprint density at radius 1 is 1.31 bits per heavy atom. The Kier molecular flexibility index (Phi) is 2.74. The minimum Gasteiger partial charge on any atom is -0.399 e. The van der Waals surface area contributed by atoms with Gasteiger partial charge in [0.05, 0.1) is 0 Å². The van der Waals surface area contributed by atoms with E-state index >= 15 is 0 Å². The standard InChI is InChI=1S/C9H14N4/c1-12-9(11)13(2)8-5-3-7(10)4-6-8/h3-6H,10H2,1-2H3,(H2,11,12). The van der Waals surface area contributed by atoms with Crippen molar-refractivity contribution in [1.29, 1.82) is 0 Å². The number of nitrogen functional groups attached to an aromatic ring is 1. The zero-order valence-electron chi connectivity index (χ0n) is 7.86. The van der Waals surface area contributed by atoms with Crippen molar-refractivity contribution < 1.29 is 0 Å². The molecule has 0 radical (unpaired) electrons. The van der Waals surface area contributed by atoms with E-state index in [0.29, 0.717) is 5.96 Å². The third-order valence-electron chi connectivity index (χ3n) is 1.85. The van der Waals surface area contributed by atoms with Gasteiger partial charge in [-0.15, -0.1) is 0 Å². The van der Waals surface area contributed by atoms with Crippen molar-refractivity contribution >= 4 is 17.3 Å². The van der Waals surface area contributed by atoms with Gasteiger partial charge in [-0.3, -0.25) is 4.99 Å². The van der Waals surface area contributed by atoms with E-state index in [2.05, 4.69) is 4.99 Å². The van der Waals surface area contributed by atoms with Crippen LogP contribution in [0.5, 0.6) is 0 Å². The molecule has 4 nitrogen and oxygen atoms in total. The van der Waals surface area contributed by atoms with Crippen LogP contribution < -0.4 is 16.4 Å². The summed E-state index contributed by atoms with van der Waals surface area (Å²) < 4.78 is 0. The minimum absolute atomic E-state index is 0.477. The highest BCUT2D eigenvalue weighted by Crippen LogP contribution is 2.13. The van der Waals surface area contributed by atoms with E-state index in [1.807, 2.05) is 31.3 Å². The van der Waals surface area contributed by atoms with Gasteiger partial charge in [0.2, 0.25) is 0 Å². The summed E-state index contributed by atoms with van der Waals surface area (Å²) in [6.45, 7) is 0. The van der Waals surface area contributed by atoms with E-state index < -0.39 is 0 Å². The molecule has 0 aliphatic carbocycles. The SMILES string of the molecule is CN=C(N)N(C)c1ccc(N)cc1. The predicted octanol–water partition coefficient (Wildman–Crippen LogP) is 0.649. The summed E-state index contributed by atoms with van der Waals surface area (Å²) in [5, 5.41) is 0. The van der Waals surface area contributed by atoms with Crippen molar-refractivity contribution in [2.75, 3.05) is 24.7 Å². The molecule has 0 unspecified atom stereocenters. The number of nitrogens with two attached hydrogens (primary N) is 2. The van der Waals surface area contributed by atoms with Crippen LogP contribution >= 0.6 is 0 Å². The fourth-order valence-electron chi connectivity index (χ4n) is 0.980. The quantitative estimate of drug-likeness (QED) is 0.377. The molecular formula is C9H14N4. The van der Waals surface area contributed by atoms with Crippen LogP contribution in [0.15, 0.2) is 29.3 Å². The normalized spacial score (nSPS) is 11.4. The van der Waals surface area contributed by atoms with Crippen molar-refractivity contribution in [2.24, 2.45) is 10.7 Å². The number of hydrogen-bond acceptors (Lipinski definition) is 2. The van der Waals surface area contributed by atoms with E-state index in [1.165, 1.54) is 0 Å². The summed E-state index contributed by atoms with van der Waals surface area (Å²) in [6, 6.07) is 7.45. The van der Waals surface area contributed by atoms with Crippen molar-refractivity contribution in [3.05, 3.63) is 24.3 Å². The van der Waals surface area contributed by atoms with Crippen LogP contribution in [0.4, 0.5) is 11.4 Å². The van der Waals surface area contributed by atoms with Crippen molar-refractivity contribution in [3.63, 3.8) is 0 Å². The lowest BCUT2D eigenvalue weighted by atomic mass is 10.3. The number of guanidine groups is 1. The fourth-order valence-corrected chi connectivity index (χ4v) is 0.980. The molecule has 0 fully saturated rings. The Morgan fingerprint density at radius 2 is 1.85 bits per heavy atom. The van der Waals surface area contributed by atoms with Gasteiger partial charge in [0, 0.05) is 25.5 Å². The fraction of sp³-hybridized carbons (Fsp3) is 0.222. The van der Waals surface area contributed by atoms with Crippen LogP contribution in [-0.4, -0.2) is 20.1 Å². The number of nitrogens with zero attached hydrogens (tertiary/aromatic N) is 2. The maximum Gasteiger partial charge on any atom is 0.195 e. The van der Waals surface area contributed by atoms with E-state index in [4.69, 9.17) is 11.5 Å². The van der Waals surface area contributed by atoms with Crippen LogP contribution in [0.25, 0.3) is 0 Å². The second kappa shape index (κ2) is 3.80. The van der Waals surface area contributed by atoms with Gasteiger partial charge in [0.25, 0.3) is 0 Å². The minimum atomic E-state index is 0.477. The molecule has 0 heterocycles. The molecule has 13 heavy (non-hydrogen) atoms. The molecule has 0 aliphatic heterocycles. The van der Waals surface area contributed by atoms with Crippen LogP contribution in [0.2, 0.25) is 0 Å². The molecule has 0 aliphatic rings. The molecule has 0 spiro atoms. The molecule has 4 heteroatoms. The van der Waals surface area contributed by atoms with Gasteiger partial charge in [0.1, 0.15) is 0 Å². The molecule has 4 N–H and O–H groups in total. The van der Waals surface area contributed by atoms with Gasteiger partial charge in [0.15, 0.2) is 5.96 Å². The first kappa shape index (κ1) is 9.38. The first-order valence-electron chi connectivity index (χ1n) is 3.96. The zero-order valence-corrected chi connectivity index (χ0v) is 7.86. The summed E-state index contributed by atoms with van der Waals surface area (Å²) in [5.41, 5.74) is 12.9. The number of hydrogen-bond donors (Lipinski definition) is 2. The highest BCUT2D eigenvalue weighted by molar-refractivity contribution is 5.94. The number of anilines is 2. The summed E-state index contributed by atoms with van der Waals surface area (Å²) in [5.74, 6) is 0.477. The third-order valence-corrected chi connectivity index (χ3v) is 1.85. The molecule has 0 aromatic heterocycles. The predicted molar refractivity (Wildman–Crippen MR) is 56.8 cm³/mol. The Balaban J connectivity index is 2.89. The Bertz CT molecular complexity index is 302. The topological polar surface area (TPSA) is 67.6 Å². The molecule has 0 bridgehead atoms. The van der Waals surface area contributed by atoms with E-state index in [-0.39, 0.29) is 0 Å². The lowest BCUT2D eigenvalue weighted by Gasteiger charge is -2.17. The molecule has 0 amide bonds. The van der Waals surface area contributed by atoms with Crippen LogP contribution in [0.1, 0.15) is 0 Å². The van der Waals surface area contributed by atoms with Gasteiger partial charge >= 0.3 is 0 Å². The average molecular weight is 178 g/mol. The first-order chi connectivity index (χ1) is 6.15. The van der Waals surface area contributed by atoms with Crippen LogP contribution in [0.3, 0.4) is 0 Å². The second-order valence-corrected chi connectivity index (χ2v) is 2.73. The first-order valence-corrected chi connectivity index (χ1v) is 3.96. The van der Waals surface area contributed by atoms with E-state index in [1.54, 1.807) is 11.9 Å². The highest BCUT2D eigenvalue weighted by atomic mass is 15.2. The summed E-state index contributed by atoms with van der Waals surface area (Å²) in [7, 11) is 3.51. The molecule has 1 aromatic carbocycles. The monoisotopic (exact) mass is 178 g/mol. The van der Waals surface area contributed by atoms with E-state index in [0.717, 1.165) is 11.4 Å². The molecule has 70 valence electrons. The van der Waals surface area contributed by atoms with Crippen LogP contribution in [0, 0.1) is 0 Å². The number of rotatable bonds is 1. The lowest BCUT2D eigenvalue weighted by molar-refractivity contribution is 1.20. The van der Waals surface area contributed by atoms with Crippen molar-refractivity contribution in [1.82, 2.24) is 0 Å². The van der Waals surface area contributed by atoms with Crippen molar-refractivity contribution in [2.45, 2.75) is 0 Å². The Labute approximate surface area is 77.9 Å². The maximum absolute atomic E-state index is 5.63. The smallest absolute Gasteiger partial charge is 0.195 e. The molecule has 0 saturated carbocycles. The molecular weight excluding hydrogens is 164 g/mol. The Hall–Kier alpha value is -1.71. The van der Waals surface area contributed by atoms with Gasteiger partial charge in [-0.25, -0.2) is 0 Å². The molecule has 1 aromatic rings. The summed E-state index contributed by atoms with van der Waals surface area (Å²) in [6.07, 6.45) is 0. The largest absolute Gasteiger partial charge is 0.399 e. The third kappa shape index (κ3) is 2.11. The average Bonchev–Trinajstić information content (AvgIpc) is 2.17. The second-order valence-electron chi connectivity index (χ2n) is 2.73. The number of aliphatic imine (C=N–C) groups is 1. The Morgan fingerprint density at radius 3 is 2.31 bits per heavy atom. The molecule has 0 atom stereocenters. The van der Waals surface area contributed by atoms with Gasteiger partial charge < -0.3 is 16.4 Å². The lowest BCUT2D eigenvalue weighted by Crippen LogP contribution is -2.33.